The van der Waals surface area contributed by atoms with Gasteiger partial charge in [-0.15, -0.1) is 5.73 Å². The van der Waals surface area contributed by atoms with Crippen LogP contribution in [-0.2, 0) is 17.3 Å². The Bertz CT molecular complexity index is 881. The van der Waals surface area contributed by atoms with E-state index in [-0.39, 0.29) is 10.8 Å². The molecule has 0 bridgehead atoms. The lowest BCUT2D eigenvalue weighted by atomic mass is 9.75. The van der Waals surface area contributed by atoms with E-state index in [1.165, 1.54) is 50.3 Å². The molecule has 28 heavy (non-hydrogen) atoms. The first kappa shape index (κ1) is 22.3. The minimum absolute atomic E-state index is 0.140. The number of hydrogen-bond donors (Lipinski definition) is 1. The summed E-state index contributed by atoms with van der Waals surface area (Å²) < 4.78 is 0. The molecule has 0 atom stereocenters. The minimum atomic E-state index is 0.140. The van der Waals surface area contributed by atoms with Crippen LogP contribution < -0.4 is 0 Å². The monoisotopic (exact) mass is 377 g/mol. The molecule has 1 aromatic carbocycles. The second kappa shape index (κ2) is 7.80. The van der Waals surface area contributed by atoms with Gasteiger partial charge in [0, 0.05) is 11.3 Å². The van der Waals surface area contributed by atoms with Crippen LogP contribution in [0.15, 0.2) is 24.4 Å². The van der Waals surface area contributed by atoms with Crippen molar-refractivity contribution in [3.05, 3.63) is 69.2 Å². The molecule has 0 radical (unpaired) electrons. The molecule has 1 nitrogen and oxygen atoms in total. The van der Waals surface area contributed by atoms with Gasteiger partial charge in [-0.3, -0.25) is 0 Å². The third kappa shape index (κ3) is 4.53. The maximum absolute atomic E-state index is 3.98. The molecule has 1 heteroatoms. The van der Waals surface area contributed by atoms with Gasteiger partial charge in [0.2, 0.25) is 0 Å². The average molecular weight is 378 g/mol. The average Bonchev–Trinajstić information content (AvgIpc) is 2.82. The van der Waals surface area contributed by atoms with E-state index in [2.05, 4.69) is 98.7 Å². The lowest BCUT2D eigenvalue weighted by molar-refractivity contribution is 0.559. The van der Waals surface area contributed by atoms with Gasteiger partial charge in [-0.05, 0) is 84.7 Å². The number of aryl methyl sites for hydroxylation is 2. The highest BCUT2D eigenvalue weighted by atomic mass is 14.7. The second-order valence-electron chi connectivity index (χ2n) is 10.3. The lowest BCUT2D eigenvalue weighted by Gasteiger charge is -2.30. The van der Waals surface area contributed by atoms with Gasteiger partial charge >= 0.3 is 0 Å². The molecule has 0 fully saturated rings. The van der Waals surface area contributed by atoms with E-state index in [0.29, 0.717) is 0 Å². The molecule has 1 heterocycles. The van der Waals surface area contributed by atoms with E-state index in [1.54, 1.807) is 0 Å². The zero-order valence-corrected chi connectivity index (χ0v) is 19.8. The van der Waals surface area contributed by atoms with Crippen LogP contribution in [0.25, 0.3) is 5.57 Å². The Balaban J connectivity index is 2.43. The molecule has 0 amide bonds. The molecule has 152 valence electrons. The van der Waals surface area contributed by atoms with E-state index < -0.39 is 0 Å². The number of aromatic amines is 1. The van der Waals surface area contributed by atoms with Gasteiger partial charge in [-0.2, -0.15) is 0 Å². The van der Waals surface area contributed by atoms with Gasteiger partial charge in [0.15, 0.2) is 0 Å². The number of benzene rings is 1. The van der Waals surface area contributed by atoms with Crippen molar-refractivity contribution in [2.45, 2.75) is 92.9 Å². The summed E-state index contributed by atoms with van der Waals surface area (Å²) in [5, 5.41) is 0. The van der Waals surface area contributed by atoms with Crippen molar-refractivity contribution in [2.75, 3.05) is 0 Å². The summed E-state index contributed by atoms with van der Waals surface area (Å²) in [5.41, 5.74) is 15.5. The van der Waals surface area contributed by atoms with Crippen LogP contribution in [0, 0.1) is 27.7 Å². The van der Waals surface area contributed by atoms with Crippen LogP contribution >= 0.6 is 0 Å². The standard InChI is InChI=1S/C27H39N/c1-12-22(25-18(3)17(2)20(5)28-25)14-13-21-15-23(26(6,7)8)19(4)24(16-21)27(9,10)11/h15-16,28H,1,13-14H2,2-11H3. The highest BCUT2D eigenvalue weighted by Crippen LogP contribution is 2.35. The van der Waals surface area contributed by atoms with E-state index >= 15 is 0 Å². The summed E-state index contributed by atoms with van der Waals surface area (Å²) >= 11 is 0. The predicted molar refractivity (Wildman–Crippen MR) is 124 cm³/mol. The van der Waals surface area contributed by atoms with Gasteiger partial charge < -0.3 is 4.98 Å². The Morgan fingerprint density at radius 1 is 0.857 bits per heavy atom. The molecule has 0 aliphatic heterocycles. The zero-order valence-electron chi connectivity index (χ0n) is 19.8. The Morgan fingerprint density at radius 3 is 1.71 bits per heavy atom. The molecule has 0 aliphatic rings. The highest BCUT2D eigenvalue weighted by molar-refractivity contribution is 5.67. The fourth-order valence-corrected chi connectivity index (χ4v) is 4.19. The number of allylic oxidation sites excluding steroid dienone is 1. The van der Waals surface area contributed by atoms with Crippen LogP contribution in [0.5, 0.6) is 0 Å². The first-order chi connectivity index (χ1) is 12.8. The van der Waals surface area contributed by atoms with Crippen molar-refractivity contribution >= 4 is 5.57 Å². The van der Waals surface area contributed by atoms with Crippen molar-refractivity contribution in [2.24, 2.45) is 0 Å². The van der Waals surface area contributed by atoms with E-state index in [9.17, 15) is 0 Å². The molecule has 0 unspecified atom stereocenters. The Kier molecular flexibility index (Phi) is 6.22. The second-order valence-corrected chi connectivity index (χ2v) is 10.3. The molecular weight excluding hydrogens is 338 g/mol. The van der Waals surface area contributed by atoms with Gasteiger partial charge in [-0.1, -0.05) is 60.3 Å². The summed E-state index contributed by atoms with van der Waals surface area (Å²) in [7, 11) is 0. The number of hydrogen-bond acceptors (Lipinski definition) is 0. The number of nitrogens with one attached hydrogen (secondary N) is 1. The first-order valence-corrected chi connectivity index (χ1v) is 10.5. The van der Waals surface area contributed by atoms with E-state index in [1.807, 2.05) is 0 Å². The van der Waals surface area contributed by atoms with Crippen LogP contribution in [0.1, 0.15) is 92.7 Å². The Hall–Kier alpha value is -1.98. The third-order valence-corrected chi connectivity index (χ3v) is 6.07. The number of rotatable bonds is 4. The van der Waals surface area contributed by atoms with Crippen molar-refractivity contribution in [3.63, 3.8) is 0 Å². The van der Waals surface area contributed by atoms with Crippen LogP contribution in [0.2, 0.25) is 0 Å². The molecule has 2 aromatic rings. The zero-order chi connectivity index (χ0) is 21.4. The molecule has 1 N–H and O–H groups in total. The fraction of sp³-hybridized carbons (Fsp3) is 0.519. The maximum atomic E-state index is 3.98. The van der Waals surface area contributed by atoms with Crippen LogP contribution in [0.4, 0.5) is 0 Å². The van der Waals surface area contributed by atoms with Gasteiger partial charge in [0.1, 0.15) is 0 Å². The molecule has 2 rings (SSSR count). The largest absolute Gasteiger partial charge is 0.358 e. The lowest BCUT2D eigenvalue weighted by Crippen LogP contribution is -2.20. The van der Waals surface area contributed by atoms with Crippen molar-refractivity contribution in [1.82, 2.24) is 4.98 Å². The molecular formula is C27H39N. The molecule has 0 aliphatic carbocycles. The van der Waals surface area contributed by atoms with E-state index in [0.717, 1.165) is 12.8 Å². The van der Waals surface area contributed by atoms with E-state index in [4.69, 9.17) is 0 Å². The molecule has 0 saturated carbocycles. The number of aromatic nitrogens is 1. The number of H-pyrrole nitrogens is 1. The molecule has 1 aromatic heterocycles. The van der Waals surface area contributed by atoms with Crippen LogP contribution in [-0.4, -0.2) is 4.98 Å². The highest BCUT2D eigenvalue weighted by Gasteiger charge is 2.24. The van der Waals surface area contributed by atoms with Crippen molar-refractivity contribution in [1.29, 1.82) is 0 Å². The summed E-state index contributed by atoms with van der Waals surface area (Å²) in [6.45, 7) is 26.6. The fourth-order valence-electron chi connectivity index (χ4n) is 4.19. The van der Waals surface area contributed by atoms with Gasteiger partial charge in [0.05, 0.1) is 5.69 Å². The quantitative estimate of drug-likeness (QED) is 0.527. The SMILES string of the molecule is C=C=C(CCc1cc(C(C)(C)C)c(C)c(C(C)(C)C)c1)c1[nH]c(C)c(C)c1C. The van der Waals surface area contributed by atoms with Crippen LogP contribution in [0.3, 0.4) is 0 Å². The third-order valence-electron chi connectivity index (χ3n) is 6.07. The first-order valence-electron chi connectivity index (χ1n) is 10.5. The van der Waals surface area contributed by atoms with Crippen molar-refractivity contribution in [3.8, 4) is 0 Å². The summed E-state index contributed by atoms with van der Waals surface area (Å²) in [5.74, 6) is 0. The normalized spacial score (nSPS) is 12.2. The van der Waals surface area contributed by atoms with Gasteiger partial charge in [0.25, 0.3) is 0 Å². The van der Waals surface area contributed by atoms with Crippen molar-refractivity contribution < 1.29 is 0 Å². The Labute approximate surface area is 173 Å². The smallest absolute Gasteiger partial charge is 0.0525 e. The Morgan fingerprint density at radius 2 is 1.36 bits per heavy atom. The summed E-state index contributed by atoms with van der Waals surface area (Å²) in [6, 6.07) is 4.84. The van der Waals surface area contributed by atoms with Gasteiger partial charge in [-0.25, -0.2) is 0 Å². The molecule has 0 saturated heterocycles. The predicted octanol–water partition coefficient (Wildman–Crippen LogP) is 7.64. The summed E-state index contributed by atoms with van der Waals surface area (Å²) in [6.07, 6.45) is 1.95. The summed E-state index contributed by atoms with van der Waals surface area (Å²) in [4.78, 5) is 3.54. The minimum Gasteiger partial charge on any atom is -0.358 e. The molecule has 0 spiro atoms. The maximum Gasteiger partial charge on any atom is 0.0525 e. The topological polar surface area (TPSA) is 15.8 Å².